The average Bonchev–Trinajstić information content (AvgIpc) is 3.20. The van der Waals surface area contributed by atoms with E-state index in [1.165, 1.54) is 0 Å². The molecule has 0 bridgehead atoms. The van der Waals surface area contributed by atoms with Crippen LogP contribution in [0.1, 0.15) is 0 Å². The van der Waals surface area contributed by atoms with Crippen LogP contribution in [0.2, 0.25) is 0 Å². The summed E-state index contributed by atoms with van der Waals surface area (Å²) < 4.78 is 24.9. The molecule has 31 heavy (non-hydrogen) atoms. The molecule has 0 radical (unpaired) electrons. The Labute approximate surface area is 190 Å². The predicted molar refractivity (Wildman–Crippen MR) is 124 cm³/mol. The highest BCUT2D eigenvalue weighted by atomic mass is 79.9. The van der Waals surface area contributed by atoms with E-state index in [1.807, 2.05) is 29.9 Å². The van der Waals surface area contributed by atoms with Crippen molar-refractivity contribution in [2.45, 2.75) is 0 Å². The first-order valence-electron chi connectivity index (χ1n) is 10.0. The van der Waals surface area contributed by atoms with Gasteiger partial charge in [0, 0.05) is 43.7 Å². The van der Waals surface area contributed by atoms with Crippen molar-refractivity contribution in [2.75, 3.05) is 52.5 Å². The summed E-state index contributed by atoms with van der Waals surface area (Å²) in [5.41, 5.74) is 3.79. The number of aryl methyl sites for hydroxylation is 1. The number of morpholine rings is 1. The number of anilines is 1. The lowest BCUT2D eigenvalue weighted by molar-refractivity contribution is 0.122. The molecule has 1 aromatic heterocycles. The quantitative estimate of drug-likeness (QED) is 0.514. The third kappa shape index (κ3) is 4.22. The van der Waals surface area contributed by atoms with Crippen molar-refractivity contribution in [1.82, 2.24) is 9.55 Å². The second-order valence-electron chi connectivity index (χ2n) is 7.24. The molecule has 0 unspecified atom stereocenters. The van der Waals surface area contributed by atoms with Crippen molar-refractivity contribution in [2.24, 2.45) is 7.05 Å². The highest BCUT2D eigenvalue weighted by Crippen LogP contribution is 2.40. The molecule has 2 heterocycles. The SMILES string of the molecule is COc1cc(N2CCOCC2)ccc1-c1nc(-c2cc(OC)c(Br)c(OC)c2)cn1C. The molecular weight excluding hydrogens is 462 g/mol. The van der Waals surface area contributed by atoms with Crippen molar-refractivity contribution >= 4 is 21.6 Å². The fraction of sp³-hybridized carbons (Fsp3) is 0.348. The van der Waals surface area contributed by atoms with Crippen molar-refractivity contribution in [3.63, 3.8) is 0 Å². The van der Waals surface area contributed by atoms with E-state index < -0.39 is 0 Å². The molecule has 7 nitrogen and oxygen atoms in total. The first-order chi connectivity index (χ1) is 15.0. The van der Waals surface area contributed by atoms with Crippen LogP contribution in [-0.2, 0) is 11.8 Å². The minimum absolute atomic E-state index is 0.689. The Morgan fingerprint density at radius 1 is 0.935 bits per heavy atom. The number of benzene rings is 2. The Morgan fingerprint density at radius 3 is 2.19 bits per heavy atom. The molecule has 8 heteroatoms. The molecule has 4 rings (SSSR count). The minimum atomic E-state index is 0.689. The maximum absolute atomic E-state index is 5.73. The van der Waals surface area contributed by atoms with E-state index in [-0.39, 0.29) is 0 Å². The molecule has 164 valence electrons. The number of nitrogens with zero attached hydrogens (tertiary/aromatic N) is 3. The Bertz CT molecular complexity index is 1050. The van der Waals surface area contributed by atoms with Crippen molar-refractivity contribution in [1.29, 1.82) is 0 Å². The third-order valence-electron chi connectivity index (χ3n) is 5.42. The van der Waals surface area contributed by atoms with Gasteiger partial charge in [0.05, 0.1) is 45.8 Å². The second-order valence-corrected chi connectivity index (χ2v) is 8.03. The monoisotopic (exact) mass is 487 g/mol. The van der Waals surface area contributed by atoms with E-state index in [0.29, 0.717) is 11.5 Å². The zero-order valence-electron chi connectivity index (χ0n) is 18.1. The van der Waals surface area contributed by atoms with Gasteiger partial charge in [-0.25, -0.2) is 4.98 Å². The van der Waals surface area contributed by atoms with Crippen LogP contribution in [0, 0.1) is 0 Å². The Hall–Kier alpha value is -2.71. The van der Waals surface area contributed by atoms with Crippen LogP contribution < -0.4 is 19.1 Å². The Balaban J connectivity index is 1.72. The van der Waals surface area contributed by atoms with Crippen LogP contribution in [0.4, 0.5) is 5.69 Å². The first kappa shape index (κ1) is 21.5. The first-order valence-corrected chi connectivity index (χ1v) is 10.8. The summed E-state index contributed by atoms with van der Waals surface area (Å²) in [6, 6.07) is 10.1. The van der Waals surface area contributed by atoms with Gasteiger partial charge in [0.1, 0.15) is 27.5 Å². The summed E-state index contributed by atoms with van der Waals surface area (Å²) in [7, 11) is 6.94. The maximum Gasteiger partial charge on any atom is 0.144 e. The van der Waals surface area contributed by atoms with E-state index in [2.05, 4.69) is 39.0 Å². The fourth-order valence-electron chi connectivity index (χ4n) is 3.76. The van der Waals surface area contributed by atoms with E-state index >= 15 is 0 Å². The summed E-state index contributed by atoms with van der Waals surface area (Å²) in [4.78, 5) is 7.21. The molecule has 3 aromatic rings. The molecule has 0 atom stereocenters. The molecular formula is C23H26BrN3O4. The van der Waals surface area contributed by atoms with Gasteiger partial charge in [0.25, 0.3) is 0 Å². The summed E-state index contributed by atoms with van der Waals surface area (Å²) in [6.07, 6.45) is 1.99. The van der Waals surface area contributed by atoms with Gasteiger partial charge in [-0.05, 0) is 40.2 Å². The standard InChI is InChI=1S/C23H26BrN3O4/c1-26-14-18(15-11-20(29-3)22(24)21(12-15)30-4)25-23(26)17-6-5-16(13-19(17)28-2)27-7-9-31-10-8-27/h5-6,11-14H,7-10H2,1-4H3. The largest absolute Gasteiger partial charge is 0.496 e. The van der Waals surface area contributed by atoms with Gasteiger partial charge in [-0.2, -0.15) is 0 Å². The maximum atomic E-state index is 5.73. The molecule has 2 aromatic carbocycles. The van der Waals surface area contributed by atoms with Crippen LogP contribution in [0.15, 0.2) is 41.0 Å². The van der Waals surface area contributed by atoms with Crippen LogP contribution >= 0.6 is 15.9 Å². The lowest BCUT2D eigenvalue weighted by Gasteiger charge is -2.29. The van der Waals surface area contributed by atoms with Gasteiger partial charge in [-0.3, -0.25) is 0 Å². The van der Waals surface area contributed by atoms with Crippen LogP contribution in [0.5, 0.6) is 17.2 Å². The van der Waals surface area contributed by atoms with Gasteiger partial charge in [0.2, 0.25) is 0 Å². The molecule has 0 aliphatic carbocycles. The molecule has 0 spiro atoms. The fourth-order valence-corrected chi connectivity index (χ4v) is 4.31. The van der Waals surface area contributed by atoms with E-state index in [0.717, 1.165) is 64.9 Å². The molecule has 0 N–H and O–H groups in total. The summed E-state index contributed by atoms with van der Waals surface area (Å²) >= 11 is 3.52. The zero-order chi connectivity index (χ0) is 22.0. The van der Waals surface area contributed by atoms with Crippen LogP contribution in [0.25, 0.3) is 22.6 Å². The molecule has 1 saturated heterocycles. The number of hydrogen-bond acceptors (Lipinski definition) is 6. The average molecular weight is 488 g/mol. The number of rotatable bonds is 6. The normalized spacial score (nSPS) is 13.9. The minimum Gasteiger partial charge on any atom is -0.496 e. The highest BCUT2D eigenvalue weighted by molar-refractivity contribution is 9.10. The summed E-state index contributed by atoms with van der Waals surface area (Å²) in [6.45, 7) is 3.24. The molecule has 0 saturated carbocycles. The Kier molecular flexibility index (Phi) is 6.38. The lowest BCUT2D eigenvalue weighted by atomic mass is 10.1. The van der Waals surface area contributed by atoms with E-state index in [1.54, 1.807) is 21.3 Å². The molecule has 1 fully saturated rings. The van der Waals surface area contributed by atoms with Gasteiger partial charge in [0.15, 0.2) is 0 Å². The third-order valence-corrected chi connectivity index (χ3v) is 6.20. The van der Waals surface area contributed by atoms with Gasteiger partial charge < -0.3 is 28.4 Å². The Morgan fingerprint density at radius 2 is 1.58 bits per heavy atom. The number of hydrogen-bond donors (Lipinski definition) is 0. The molecule has 0 amide bonds. The predicted octanol–water partition coefficient (Wildman–Crippen LogP) is 4.38. The topological polar surface area (TPSA) is 58.0 Å². The summed E-state index contributed by atoms with van der Waals surface area (Å²) in [5, 5.41) is 0. The van der Waals surface area contributed by atoms with Crippen LogP contribution in [-0.4, -0.2) is 57.2 Å². The number of ether oxygens (including phenoxy) is 4. The molecule has 1 aliphatic rings. The molecule has 1 aliphatic heterocycles. The number of methoxy groups -OCH3 is 3. The zero-order valence-corrected chi connectivity index (χ0v) is 19.7. The van der Waals surface area contributed by atoms with Crippen molar-refractivity contribution in [3.05, 3.63) is 41.0 Å². The number of halogens is 1. The summed E-state index contributed by atoms with van der Waals surface area (Å²) in [5.74, 6) is 2.99. The van der Waals surface area contributed by atoms with Crippen molar-refractivity contribution in [3.8, 4) is 39.9 Å². The highest BCUT2D eigenvalue weighted by Gasteiger charge is 2.19. The lowest BCUT2D eigenvalue weighted by Crippen LogP contribution is -2.36. The van der Waals surface area contributed by atoms with Gasteiger partial charge in [-0.1, -0.05) is 0 Å². The van der Waals surface area contributed by atoms with Crippen LogP contribution in [0.3, 0.4) is 0 Å². The van der Waals surface area contributed by atoms with Crippen molar-refractivity contribution < 1.29 is 18.9 Å². The van der Waals surface area contributed by atoms with E-state index in [9.17, 15) is 0 Å². The number of imidazole rings is 1. The van der Waals surface area contributed by atoms with Gasteiger partial charge >= 0.3 is 0 Å². The van der Waals surface area contributed by atoms with Gasteiger partial charge in [-0.15, -0.1) is 0 Å². The number of aromatic nitrogens is 2. The smallest absolute Gasteiger partial charge is 0.144 e. The second kappa shape index (κ2) is 9.20. The van der Waals surface area contributed by atoms with E-state index in [4.69, 9.17) is 23.9 Å².